The van der Waals surface area contributed by atoms with Crippen molar-refractivity contribution in [1.29, 1.82) is 0 Å². The molecule has 1 aromatic heterocycles. The lowest BCUT2D eigenvalue weighted by Crippen LogP contribution is -2.13. The Bertz CT molecular complexity index is 567. The standard InChI is InChI=1S/C15H15FN2O/c1-11-8-9-17-14(10-11)18-15(19)7-4-12-2-5-13(16)6-3-12/h2-3,5-6,8-10H,4,7H2,1H3,(H,17,18,19). The summed E-state index contributed by atoms with van der Waals surface area (Å²) in [5.74, 6) is 0.198. The van der Waals surface area contributed by atoms with E-state index in [1.807, 2.05) is 19.1 Å². The maximum Gasteiger partial charge on any atom is 0.225 e. The maximum absolute atomic E-state index is 12.7. The molecule has 0 unspecified atom stereocenters. The van der Waals surface area contributed by atoms with E-state index in [0.29, 0.717) is 18.7 Å². The molecule has 0 saturated carbocycles. The molecule has 0 aliphatic carbocycles. The summed E-state index contributed by atoms with van der Waals surface area (Å²) in [6.45, 7) is 1.94. The Kier molecular flexibility index (Phi) is 4.23. The molecule has 2 rings (SSSR count). The molecule has 3 nitrogen and oxygen atoms in total. The van der Waals surface area contributed by atoms with E-state index in [4.69, 9.17) is 0 Å². The van der Waals surface area contributed by atoms with Gasteiger partial charge in [0.25, 0.3) is 0 Å². The highest BCUT2D eigenvalue weighted by Gasteiger charge is 2.04. The molecule has 0 bridgehead atoms. The number of rotatable bonds is 4. The van der Waals surface area contributed by atoms with Crippen LogP contribution in [0.15, 0.2) is 42.6 Å². The second-order valence-corrected chi connectivity index (χ2v) is 4.39. The Morgan fingerprint density at radius 3 is 2.68 bits per heavy atom. The van der Waals surface area contributed by atoms with Crippen LogP contribution in [0.25, 0.3) is 0 Å². The summed E-state index contributed by atoms with van der Waals surface area (Å²) >= 11 is 0. The van der Waals surface area contributed by atoms with Gasteiger partial charge in [0, 0.05) is 12.6 Å². The lowest BCUT2D eigenvalue weighted by molar-refractivity contribution is -0.116. The quantitative estimate of drug-likeness (QED) is 0.915. The Labute approximate surface area is 111 Å². The topological polar surface area (TPSA) is 42.0 Å². The first-order chi connectivity index (χ1) is 9.13. The molecule has 0 saturated heterocycles. The Morgan fingerprint density at radius 2 is 2.00 bits per heavy atom. The van der Waals surface area contributed by atoms with E-state index >= 15 is 0 Å². The van der Waals surface area contributed by atoms with Crippen LogP contribution in [-0.4, -0.2) is 10.9 Å². The lowest BCUT2D eigenvalue weighted by Gasteiger charge is -2.05. The highest BCUT2D eigenvalue weighted by Crippen LogP contribution is 2.08. The SMILES string of the molecule is Cc1ccnc(NC(=O)CCc2ccc(F)cc2)c1. The molecule has 1 aromatic carbocycles. The van der Waals surface area contributed by atoms with Crippen molar-refractivity contribution in [3.63, 3.8) is 0 Å². The van der Waals surface area contributed by atoms with Gasteiger partial charge in [-0.15, -0.1) is 0 Å². The summed E-state index contributed by atoms with van der Waals surface area (Å²) in [7, 11) is 0. The molecule has 4 heteroatoms. The van der Waals surface area contributed by atoms with Crippen LogP contribution in [0.1, 0.15) is 17.5 Å². The summed E-state index contributed by atoms with van der Waals surface area (Å²) in [6.07, 6.45) is 2.59. The zero-order valence-corrected chi connectivity index (χ0v) is 10.7. The number of aryl methyl sites for hydroxylation is 2. The van der Waals surface area contributed by atoms with Crippen LogP contribution >= 0.6 is 0 Å². The van der Waals surface area contributed by atoms with Crippen molar-refractivity contribution in [3.05, 3.63) is 59.5 Å². The van der Waals surface area contributed by atoms with Crippen molar-refractivity contribution in [2.75, 3.05) is 5.32 Å². The number of carbonyl (C=O) groups excluding carboxylic acids is 1. The summed E-state index contributed by atoms with van der Waals surface area (Å²) in [5.41, 5.74) is 1.98. The molecule has 0 spiro atoms. The second-order valence-electron chi connectivity index (χ2n) is 4.39. The number of pyridine rings is 1. The highest BCUT2D eigenvalue weighted by atomic mass is 19.1. The largest absolute Gasteiger partial charge is 0.311 e. The Morgan fingerprint density at radius 1 is 1.26 bits per heavy atom. The second kappa shape index (κ2) is 6.09. The summed E-state index contributed by atoms with van der Waals surface area (Å²) in [5, 5.41) is 2.74. The third-order valence-electron chi connectivity index (χ3n) is 2.74. The number of anilines is 1. The molecule has 0 fully saturated rings. The van der Waals surface area contributed by atoms with Crippen molar-refractivity contribution in [2.24, 2.45) is 0 Å². The fraction of sp³-hybridized carbons (Fsp3) is 0.200. The Balaban J connectivity index is 1.86. The minimum absolute atomic E-state index is 0.0950. The van der Waals surface area contributed by atoms with Crippen LogP contribution in [0.5, 0.6) is 0 Å². The van der Waals surface area contributed by atoms with Crippen LogP contribution in [0.2, 0.25) is 0 Å². The molecule has 1 N–H and O–H groups in total. The van der Waals surface area contributed by atoms with Gasteiger partial charge in [-0.1, -0.05) is 12.1 Å². The number of amides is 1. The molecule has 0 aliphatic rings. The first-order valence-corrected chi connectivity index (χ1v) is 6.10. The van der Waals surface area contributed by atoms with Crippen LogP contribution in [0.4, 0.5) is 10.2 Å². The zero-order valence-electron chi connectivity index (χ0n) is 10.7. The van der Waals surface area contributed by atoms with Gasteiger partial charge in [0.1, 0.15) is 11.6 Å². The molecular weight excluding hydrogens is 243 g/mol. The fourth-order valence-electron chi connectivity index (χ4n) is 1.72. The van der Waals surface area contributed by atoms with E-state index in [-0.39, 0.29) is 11.7 Å². The number of hydrogen-bond donors (Lipinski definition) is 1. The molecule has 2 aromatic rings. The zero-order chi connectivity index (χ0) is 13.7. The number of carbonyl (C=O) groups is 1. The normalized spacial score (nSPS) is 10.2. The van der Waals surface area contributed by atoms with Crippen LogP contribution < -0.4 is 5.32 Å². The number of halogens is 1. The summed E-state index contributed by atoms with van der Waals surface area (Å²) < 4.78 is 12.7. The third-order valence-corrected chi connectivity index (χ3v) is 2.74. The predicted octanol–water partition coefficient (Wildman–Crippen LogP) is 3.10. The van der Waals surface area contributed by atoms with Crippen molar-refractivity contribution in [3.8, 4) is 0 Å². The van der Waals surface area contributed by atoms with Gasteiger partial charge in [0.2, 0.25) is 5.91 Å². The van der Waals surface area contributed by atoms with Crippen LogP contribution in [-0.2, 0) is 11.2 Å². The number of aromatic nitrogens is 1. The predicted molar refractivity (Wildman–Crippen MR) is 72.3 cm³/mol. The van der Waals surface area contributed by atoms with Crippen molar-refractivity contribution in [2.45, 2.75) is 19.8 Å². The molecule has 1 heterocycles. The van der Waals surface area contributed by atoms with Gasteiger partial charge < -0.3 is 5.32 Å². The molecule has 0 radical (unpaired) electrons. The minimum atomic E-state index is -0.267. The van der Waals surface area contributed by atoms with E-state index in [9.17, 15) is 9.18 Å². The molecule has 98 valence electrons. The monoisotopic (exact) mass is 258 g/mol. The van der Waals surface area contributed by atoms with E-state index in [0.717, 1.165) is 11.1 Å². The summed E-state index contributed by atoms with van der Waals surface area (Å²) in [6, 6.07) is 9.86. The van der Waals surface area contributed by atoms with E-state index in [1.165, 1.54) is 12.1 Å². The molecule has 0 atom stereocenters. The van der Waals surface area contributed by atoms with Crippen molar-refractivity contribution >= 4 is 11.7 Å². The number of hydrogen-bond acceptors (Lipinski definition) is 2. The van der Waals surface area contributed by atoms with Gasteiger partial charge in [0.05, 0.1) is 0 Å². The van der Waals surface area contributed by atoms with Gasteiger partial charge >= 0.3 is 0 Å². The average molecular weight is 258 g/mol. The van der Waals surface area contributed by atoms with E-state index in [1.54, 1.807) is 18.3 Å². The Hall–Kier alpha value is -2.23. The molecule has 1 amide bonds. The van der Waals surface area contributed by atoms with Gasteiger partial charge in [-0.05, 0) is 48.7 Å². The summed E-state index contributed by atoms with van der Waals surface area (Å²) in [4.78, 5) is 15.8. The fourth-order valence-corrected chi connectivity index (χ4v) is 1.72. The third kappa shape index (κ3) is 4.17. The smallest absolute Gasteiger partial charge is 0.225 e. The number of nitrogens with one attached hydrogen (secondary N) is 1. The van der Waals surface area contributed by atoms with Crippen LogP contribution in [0, 0.1) is 12.7 Å². The maximum atomic E-state index is 12.7. The van der Waals surface area contributed by atoms with Gasteiger partial charge in [0.15, 0.2) is 0 Å². The number of benzene rings is 1. The van der Waals surface area contributed by atoms with Crippen molar-refractivity contribution in [1.82, 2.24) is 4.98 Å². The van der Waals surface area contributed by atoms with Crippen molar-refractivity contribution < 1.29 is 9.18 Å². The molecule has 0 aliphatic heterocycles. The first kappa shape index (κ1) is 13.2. The van der Waals surface area contributed by atoms with Crippen LogP contribution in [0.3, 0.4) is 0 Å². The number of nitrogens with zero attached hydrogens (tertiary/aromatic N) is 1. The van der Waals surface area contributed by atoms with Gasteiger partial charge in [-0.3, -0.25) is 4.79 Å². The van der Waals surface area contributed by atoms with Gasteiger partial charge in [-0.25, -0.2) is 9.37 Å². The lowest BCUT2D eigenvalue weighted by atomic mass is 10.1. The van der Waals surface area contributed by atoms with E-state index < -0.39 is 0 Å². The van der Waals surface area contributed by atoms with E-state index in [2.05, 4.69) is 10.3 Å². The minimum Gasteiger partial charge on any atom is -0.311 e. The average Bonchev–Trinajstić information content (AvgIpc) is 2.38. The molecule has 19 heavy (non-hydrogen) atoms. The van der Waals surface area contributed by atoms with Gasteiger partial charge in [-0.2, -0.15) is 0 Å². The first-order valence-electron chi connectivity index (χ1n) is 6.10. The molecular formula is C15H15FN2O. The highest BCUT2D eigenvalue weighted by molar-refractivity contribution is 5.89.